The maximum Gasteiger partial charge on any atom is 0.234 e. The number of nitrogens with zero attached hydrogens (tertiary/aromatic N) is 2. The summed E-state index contributed by atoms with van der Waals surface area (Å²) in [7, 11) is 0. The molecule has 2 aromatic heterocycles. The summed E-state index contributed by atoms with van der Waals surface area (Å²) in [5.74, 6) is 1.64. The number of alkyl halides is 1. The van der Waals surface area contributed by atoms with Gasteiger partial charge in [0.25, 0.3) is 0 Å². The van der Waals surface area contributed by atoms with Crippen molar-refractivity contribution in [1.29, 1.82) is 0 Å². The van der Waals surface area contributed by atoms with E-state index in [9.17, 15) is 0 Å². The highest BCUT2D eigenvalue weighted by atomic mass is 35.5. The molecule has 0 saturated heterocycles. The largest absolute Gasteiger partial charge is 0.339 e. The molecule has 1 aliphatic carbocycles. The molecule has 2 aromatic rings. The predicted octanol–water partition coefficient (Wildman–Crippen LogP) is 4.68. The summed E-state index contributed by atoms with van der Waals surface area (Å²) in [4.78, 5) is 5.99. The minimum absolute atomic E-state index is 0.131. The first kappa shape index (κ1) is 13.1. The molecule has 2 atom stereocenters. The fraction of sp³-hybridized carbons (Fsp3) is 0.571. The lowest BCUT2D eigenvalue weighted by atomic mass is 9.88. The van der Waals surface area contributed by atoms with Crippen LogP contribution in [-0.2, 0) is 6.42 Å². The Kier molecular flexibility index (Phi) is 3.89. The van der Waals surface area contributed by atoms with Crippen molar-refractivity contribution in [1.82, 2.24) is 10.1 Å². The van der Waals surface area contributed by atoms with Crippen LogP contribution in [0.15, 0.2) is 16.0 Å². The van der Waals surface area contributed by atoms with E-state index in [0.29, 0.717) is 5.82 Å². The average Bonchev–Trinajstić information content (AvgIpc) is 3.07. The van der Waals surface area contributed by atoms with Crippen LogP contribution in [0.2, 0.25) is 0 Å². The summed E-state index contributed by atoms with van der Waals surface area (Å²) < 4.78 is 5.46. The fourth-order valence-electron chi connectivity index (χ4n) is 2.64. The Bertz CT molecular complexity index is 551. The van der Waals surface area contributed by atoms with Gasteiger partial charge in [0.1, 0.15) is 0 Å². The first-order valence-corrected chi connectivity index (χ1v) is 8.15. The van der Waals surface area contributed by atoms with E-state index in [0.717, 1.165) is 25.2 Å². The smallest absolute Gasteiger partial charge is 0.234 e. The van der Waals surface area contributed by atoms with Crippen LogP contribution in [0.25, 0.3) is 0 Å². The number of halogens is 1. The molecule has 0 spiro atoms. The summed E-state index contributed by atoms with van der Waals surface area (Å²) in [6, 6.07) is 2.19. The van der Waals surface area contributed by atoms with Gasteiger partial charge in [-0.3, -0.25) is 0 Å². The number of rotatable bonds is 4. The second kappa shape index (κ2) is 5.63. The highest BCUT2D eigenvalue weighted by Crippen LogP contribution is 2.39. The summed E-state index contributed by atoms with van der Waals surface area (Å²) in [6.07, 6.45) is 5.37. The van der Waals surface area contributed by atoms with E-state index in [-0.39, 0.29) is 11.3 Å². The van der Waals surface area contributed by atoms with Crippen LogP contribution in [0, 0.1) is 0 Å². The third-order valence-corrected chi connectivity index (χ3v) is 5.04. The Hall–Kier alpha value is -0.870. The Morgan fingerprint density at radius 2 is 2.47 bits per heavy atom. The zero-order valence-corrected chi connectivity index (χ0v) is 12.5. The second-order valence-corrected chi connectivity index (χ2v) is 6.52. The number of fused-ring (bicyclic) bond motifs is 1. The molecule has 0 bridgehead atoms. The van der Waals surface area contributed by atoms with Crippen LogP contribution in [0.4, 0.5) is 0 Å². The SMILES string of the molecule is CCCC(Cl)c1noc(C2CCCc3sccc32)n1. The molecule has 3 rings (SSSR count). The Morgan fingerprint density at radius 1 is 1.58 bits per heavy atom. The molecule has 0 saturated carbocycles. The van der Waals surface area contributed by atoms with Gasteiger partial charge in [0, 0.05) is 4.88 Å². The minimum atomic E-state index is -0.131. The molecule has 0 aromatic carbocycles. The molecule has 0 radical (unpaired) electrons. The Morgan fingerprint density at radius 3 is 3.32 bits per heavy atom. The predicted molar refractivity (Wildman–Crippen MR) is 76.9 cm³/mol. The van der Waals surface area contributed by atoms with Crippen molar-refractivity contribution in [2.75, 3.05) is 0 Å². The number of aromatic nitrogens is 2. The molecule has 0 fully saturated rings. The number of hydrogen-bond acceptors (Lipinski definition) is 4. The lowest BCUT2D eigenvalue weighted by Gasteiger charge is -2.18. The topological polar surface area (TPSA) is 38.9 Å². The number of thiophene rings is 1. The molecule has 0 aliphatic heterocycles. The molecule has 0 amide bonds. The van der Waals surface area contributed by atoms with Gasteiger partial charge < -0.3 is 4.52 Å². The lowest BCUT2D eigenvalue weighted by molar-refractivity contribution is 0.350. The van der Waals surface area contributed by atoms with Crippen molar-refractivity contribution < 1.29 is 4.52 Å². The molecule has 102 valence electrons. The summed E-state index contributed by atoms with van der Waals surface area (Å²) in [5.41, 5.74) is 1.37. The highest BCUT2D eigenvalue weighted by molar-refractivity contribution is 7.10. The molecular formula is C14H17ClN2OS. The fourth-order valence-corrected chi connectivity index (χ4v) is 3.94. The Balaban J connectivity index is 1.84. The van der Waals surface area contributed by atoms with E-state index in [1.54, 1.807) is 0 Å². The maximum absolute atomic E-state index is 6.25. The van der Waals surface area contributed by atoms with Crippen molar-refractivity contribution in [3.8, 4) is 0 Å². The van der Waals surface area contributed by atoms with Crippen LogP contribution < -0.4 is 0 Å². The molecule has 0 N–H and O–H groups in total. The third kappa shape index (κ3) is 2.56. The first-order valence-electron chi connectivity index (χ1n) is 6.83. The standard InChI is InChI=1S/C14H17ClN2OS/c1-2-4-11(15)13-16-14(18-17-13)10-5-3-6-12-9(10)7-8-19-12/h7-8,10-11H,2-6H2,1H3. The van der Waals surface area contributed by atoms with Gasteiger partial charge in [0.2, 0.25) is 5.89 Å². The van der Waals surface area contributed by atoms with Crippen LogP contribution in [0.5, 0.6) is 0 Å². The second-order valence-electron chi connectivity index (χ2n) is 4.99. The highest BCUT2D eigenvalue weighted by Gasteiger charge is 2.28. The first-order chi connectivity index (χ1) is 9.29. The molecule has 1 aliphatic rings. The zero-order valence-electron chi connectivity index (χ0n) is 10.9. The van der Waals surface area contributed by atoms with Crippen LogP contribution >= 0.6 is 22.9 Å². The molecular weight excluding hydrogens is 280 g/mol. The lowest BCUT2D eigenvalue weighted by Crippen LogP contribution is -2.09. The van der Waals surface area contributed by atoms with Crippen LogP contribution in [0.3, 0.4) is 0 Å². The molecule has 2 heterocycles. The molecule has 5 heteroatoms. The van der Waals surface area contributed by atoms with E-state index in [1.807, 2.05) is 11.3 Å². The van der Waals surface area contributed by atoms with Crippen molar-refractivity contribution >= 4 is 22.9 Å². The van der Waals surface area contributed by atoms with Gasteiger partial charge in [-0.05, 0) is 42.7 Å². The minimum Gasteiger partial charge on any atom is -0.339 e. The van der Waals surface area contributed by atoms with Gasteiger partial charge in [0.05, 0.1) is 11.3 Å². The third-order valence-electron chi connectivity index (χ3n) is 3.63. The summed E-state index contributed by atoms with van der Waals surface area (Å²) in [5, 5.41) is 6.08. The van der Waals surface area contributed by atoms with Crippen molar-refractivity contribution in [3.63, 3.8) is 0 Å². The quantitative estimate of drug-likeness (QED) is 0.769. The van der Waals surface area contributed by atoms with Gasteiger partial charge in [0.15, 0.2) is 5.82 Å². The van der Waals surface area contributed by atoms with E-state index in [1.165, 1.54) is 23.3 Å². The van der Waals surface area contributed by atoms with E-state index in [4.69, 9.17) is 16.1 Å². The normalized spacial score (nSPS) is 20.2. The van der Waals surface area contributed by atoms with E-state index < -0.39 is 0 Å². The van der Waals surface area contributed by atoms with E-state index >= 15 is 0 Å². The van der Waals surface area contributed by atoms with E-state index in [2.05, 4.69) is 28.5 Å². The Labute approximate surface area is 122 Å². The summed E-state index contributed by atoms with van der Waals surface area (Å²) >= 11 is 8.08. The van der Waals surface area contributed by atoms with Gasteiger partial charge in [-0.1, -0.05) is 18.5 Å². The van der Waals surface area contributed by atoms with Gasteiger partial charge >= 0.3 is 0 Å². The molecule has 3 nitrogen and oxygen atoms in total. The van der Waals surface area contributed by atoms with Gasteiger partial charge in [-0.25, -0.2) is 0 Å². The molecule has 2 unspecified atom stereocenters. The van der Waals surface area contributed by atoms with Crippen molar-refractivity contribution in [2.45, 2.75) is 50.3 Å². The van der Waals surface area contributed by atoms with Crippen molar-refractivity contribution in [3.05, 3.63) is 33.6 Å². The molecule has 19 heavy (non-hydrogen) atoms. The van der Waals surface area contributed by atoms with Gasteiger partial charge in [-0.15, -0.1) is 22.9 Å². The van der Waals surface area contributed by atoms with Gasteiger partial charge in [-0.2, -0.15) is 4.98 Å². The van der Waals surface area contributed by atoms with Crippen LogP contribution in [-0.4, -0.2) is 10.1 Å². The number of hydrogen-bond donors (Lipinski definition) is 0. The van der Waals surface area contributed by atoms with Crippen molar-refractivity contribution in [2.24, 2.45) is 0 Å². The number of aryl methyl sites for hydroxylation is 1. The van der Waals surface area contributed by atoms with Crippen LogP contribution in [0.1, 0.15) is 66.1 Å². The monoisotopic (exact) mass is 296 g/mol. The average molecular weight is 297 g/mol. The maximum atomic E-state index is 6.25. The zero-order chi connectivity index (χ0) is 13.2. The summed E-state index contributed by atoms with van der Waals surface area (Å²) in [6.45, 7) is 2.11.